The fraction of sp³-hybridized carbons (Fsp3) is 0.500. The smallest absolute Gasteiger partial charge is 0.418 e. The van der Waals surface area contributed by atoms with E-state index in [1.165, 1.54) is 12.1 Å². The Bertz CT molecular complexity index is 432. The second kappa shape index (κ2) is 8.89. The Morgan fingerprint density at radius 3 is 3.05 bits per heavy atom. The van der Waals surface area contributed by atoms with Crippen LogP contribution < -0.4 is 4.72 Å². The summed E-state index contributed by atoms with van der Waals surface area (Å²) in [5.41, 5.74) is 0.959. The van der Waals surface area contributed by atoms with Crippen LogP contribution in [-0.4, -0.2) is 49.9 Å². The van der Waals surface area contributed by atoms with E-state index in [0.29, 0.717) is 19.8 Å². The monoisotopic (exact) mass is 312 g/mol. The number of rotatable bonds is 5. The maximum absolute atomic E-state index is 11.7. The Morgan fingerprint density at radius 1 is 1.48 bits per heavy atom. The van der Waals surface area contributed by atoms with Crippen molar-refractivity contribution < 1.29 is 19.0 Å². The van der Waals surface area contributed by atoms with Crippen molar-refractivity contribution in [3.8, 4) is 0 Å². The van der Waals surface area contributed by atoms with Gasteiger partial charge in [0.25, 0.3) is 0 Å². The van der Waals surface area contributed by atoms with Gasteiger partial charge >= 0.3 is 6.09 Å². The van der Waals surface area contributed by atoms with Gasteiger partial charge < -0.3 is 14.2 Å². The molecule has 1 aromatic carbocycles. The van der Waals surface area contributed by atoms with Gasteiger partial charge in [0.15, 0.2) is 0 Å². The normalized spacial score (nSPS) is 19.8. The van der Waals surface area contributed by atoms with E-state index in [9.17, 15) is 4.79 Å². The SMILES string of the molecule is COC1COCCN(SNC(=O)OCc2ccccc2)C1. The lowest BCUT2D eigenvalue weighted by Crippen LogP contribution is -2.32. The molecule has 7 heteroatoms. The summed E-state index contributed by atoms with van der Waals surface area (Å²) in [4.78, 5) is 11.7. The second-order valence-electron chi connectivity index (χ2n) is 4.58. The van der Waals surface area contributed by atoms with Crippen molar-refractivity contribution in [3.05, 3.63) is 35.9 Å². The van der Waals surface area contributed by atoms with Crippen LogP contribution in [0, 0.1) is 0 Å². The molecule has 1 aliphatic heterocycles. The number of nitrogens with zero attached hydrogens (tertiary/aromatic N) is 1. The van der Waals surface area contributed by atoms with Crippen molar-refractivity contribution in [1.82, 2.24) is 9.03 Å². The standard InChI is InChI=1S/C14H20N2O4S/c1-18-13-9-16(7-8-19-11-13)21-15-14(17)20-10-12-5-3-2-4-6-12/h2-6,13H,7-11H2,1H3,(H,15,17). The first kappa shape index (κ1) is 16.1. The molecule has 0 spiro atoms. The molecule has 21 heavy (non-hydrogen) atoms. The van der Waals surface area contributed by atoms with E-state index in [1.807, 2.05) is 34.6 Å². The molecule has 1 saturated heterocycles. The molecule has 1 aliphatic rings. The van der Waals surface area contributed by atoms with Crippen molar-refractivity contribution in [2.24, 2.45) is 0 Å². The van der Waals surface area contributed by atoms with Gasteiger partial charge in [0, 0.05) is 32.3 Å². The van der Waals surface area contributed by atoms with Gasteiger partial charge in [-0.05, 0) is 5.56 Å². The van der Waals surface area contributed by atoms with Gasteiger partial charge in [-0.2, -0.15) is 0 Å². The first-order valence-electron chi connectivity index (χ1n) is 6.77. The Labute approximate surface area is 129 Å². The Balaban J connectivity index is 1.68. The summed E-state index contributed by atoms with van der Waals surface area (Å²) in [7, 11) is 1.66. The Kier molecular flexibility index (Phi) is 6.81. The number of carbonyl (C=O) groups excluding carboxylic acids is 1. The molecule has 0 saturated carbocycles. The molecule has 0 aromatic heterocycles. The maximum atomic E-state index is 11.7. The van der Waals surface area contributed by atoms with Crippen LogP contribution in [0.2, 0.25) is 0 Å². The first-order chi connectivity index (χ1) is 10.3. The van der Waals surface area contributed by atoms with E-state index < -0.39 is 6.09 Å². The van der Waals surface area contributed by atoms with Gasteiger partial charge in [-0.15, -0.1) is 0 Å². The van der Waals surface area contributed by atoms with Crippen LogP contribution in [0.5, 0.6) is 0 Å². The summed E-state index contributed by atoms with van der Waals surface area (Å²) in [6.45, 7) is 2.88. The molecule has 116 valence electrons. The van der Waals surface area contributed by atoms with Crippen LogP contribution in [0.15, 0.2) is 30.3 Å². The van der Waals surface area contributed by atoms with Crippen LogP contribution >= 0.6 is 12.1 Å². The number of nitrogens with one attached hydrogen (secondary N) is 1. The molecular formula is C14H20N2O4S. The van der Waals surface area contributed by atoms with Crippen molar-refractivity contribution in [3.63, 3.8) is 0 Å². The first-order valence-corrected chi connectivity index (χ1v) is 7.54. The summed E-state index contributed by atoms with van der Waals surface area (Å²) >= 11 is 1.22. The van der Waals surface area contributed by atoms with Gasteiger partial charge in [-0.1, -0.05) is 30.3 Å². The third kappa shape index (κ3) is 5.92. The highest BCUT2D eigenvalue weighted by molar-refractivity contribution is 7.95. The quantitative estimate of drug-likeness (QED) is 0.837. The number of carbonyl (C=O) groups is 1. The van der Waals surface area contributed by atoms with E-state index in [4.69, 9.17) is 14.2 Å². The molecule has 2 rings (SSSR count). The van der Waals surface area contributed by atoms with Crippen LogP contribution in [0.4, 0.5) is 4.79 Å². The number of ether oxygens (including phenoxy) is 3. The highest BCUT2D eigenvalue weighted by Gasteiger charge is 2.19. The van der Waals surface area contributed by atoms with Gasteiger partial charge in [-0.3, -0.25) is 4.72 Å². The van der Waals surface area contributed by atoms with Gasteiger partial charge in [0.1, 0.15) is 6.61 Å². The van der Waals surface area contributed by atoms with Crippen LogP contribution in [0.25, 0.3) is 0 Å². The molecule has 6 nitrogen and oxygen atoms in total. The summed E-state index contributed by atoms with van der Waals surface area (Å²) in [6, 6.07) is 9.57. The van der Waals surface area contributed by atoms with Crippen molar-refractivity contribution in [2.45, 2.75) is 12.7 Å². The second-order valence-corrected chi connectivity index (χ2v) is 5.48. The molecular weight excluding hydrogens is 292 g/mol. The zero-order chi connectivity index (χ0) is 14.9. The molecule has 0 aliphatic carbocycles. The molecule has 1 heterocycles. The van der Waals surface area contributed by atoms with E-state index in [0.717, 1.165) is 12.1 Å². The van der Waals surface area contributed by atoms with Gasteiger partial charge in [0.2, 0.25) is 0 Å². The molecule has 1 unspecified atom stereocenters. The van der Waals surface area contributed by atoms with Crippen molar-refractivity contribution >= 4 is 18.2 Å². The lowest BCUT2D eigenvalue weighted by Gasteiger charge is -2.20. The average molecular weight is 312 g/mol. The molecule has 0 bridgehead atoms. The van der Waals surface area contributed by atoms with E-state index in [1.54, 1.807) is 7.11 Å². The zero-order valence-electron chi connectivity index (χ0n) is 12.0. The molecule has 1 amide bonds. The summed E-state index contributed by atoms with van der Waals surface area (Å²) < 4.78 is 20.5. The minimum atomic E-state index is -0.456. The summed E-state index contributed by atoms with van der Waals surface area (Å²) in [6.07, 6.45) is -0.440. The fourth-order valence-electron chi connectivity index (χ4n) is 1.83. The highest BCUT2D eigenvalue weighted by atomic mass is 32.2. The number of methoxy groups -OCH3 is 1. The molecule has 1 atom stereocenters. The summed E-state index contributed by atoms with van der Waals surface area (Å²) in [5, 5.41) is 0. The van der Waals surface area contributed by atoms with Crippen LogP contribution in [-0.2, 0) is 20.8 Å². The molecule has 0 radical (unpaired) electrons. The average Bonchev–Trinajstić information content (AvgIpc) is 2.77. The predicted molar refractivity (Wildman–Crippen MR) is 80.5 cm³/mol. The van der Waals surface area contributed by atoms with E-state index >= 15 is 0 Å². The lowest BCUT2D eigenvalue weighted by molar-refractivity contribution is 0.0261. The molecule has 1 aromatic rings. The number of benzene rings is 1. The molecule has 1 fully saturated rings. The van der Waals surface area contributed by atoms with Gasteiger partial charge in [0.05, 0.1) is 19.3 Å². The maximum Gasteiger partial charge on any atom is 0.418 e. The van der Waals surface area contributed by atoms with Crippen molar-refractivity contribution in [2.75, 3.05) is 33.4 Å². The predicted octanol–water partition coefficient (Wildman–Crippen LogP) is 1.82. The highest BCUT2D eigenvalue weighted by Crippen LogP contribution is 2.11. The third-order valence-electron chi connectivity index (χ3n) is 3.00. The van der Waals surface area contributed by atoms with Crippen molar-refractivity contribution in [1.29, 1.82) is 0 Å². The van der Waals surface area contributed by atoms with Crippen LogP contribution in [0.3, 0.4) is 0 Å². The zero-order valence-corrected chi connectivity index (χ0v) is 12.8. The largest absolute Gasteiger partial charge is 0.444 e. The molecule has 1 N–H and O–H groups in total. The van der Waals surface area contributed by atoms with Gasteiger partial charge in [-0.25, -0.2) is 9.10 Å². The third-order valence-corrected chi connectivity index (χ3v) is 3.85. The number of hydrogen-bond acceptors (Lipinski definition) is 6. The Morgan fingerprint density at radius 2 is 2.29 bits per heavy atom. The van der Waals surface area contributed by atoms with E-state index in [-0.39, 0.29) is 12.7 Å². The number of amides is 1. The minimum absolute atomic E-state index is 0.0159. The Hall–Kier alpha value is -1.28. The summed E-state index contributed by atoms with van der Waals surface area (Å²) in [5.74, 6) is 0. The topological polar surface area (TPSA) is 60.0 Å². The van der Waals surface area contributed by atoms with Crippen LogP contribution in [0.1, 0.15) is 5.56 Å². The fourth-order valence-corrected chi connectivity index (χ4v) is 2.50. The number of hydrogen-bond donors (Lipinski definition) is 1. The minimum Gasteiger partial charge on any atom is -0.444 e. The van der Waals surface area contributed by atoms with E-state index in [2.05, 4.69) is 4.72 Å². The lowest BCUT2D eigenvalue weighted by atomic mass is 10.2.